The maximum absolute atomic E-state index is 12.9. The van der Waals surface area contributed by atoms with Crippen molar-refractivity contribution in [2.45, 2.75) is 44.3 Å². The molecule has 0 bridgehead atoms. The number of likely N-dealkylation sites (N-methyl/N-ethyl adjacent to an activating group) is 1. The molecular formula is C16H21ClF3N. The van der Waals surface area contributed by atoms with Crippen LogP contribution in [-0.2, 0) is 6.42 Å². The van der Waals surface area contributed by atoms with E-state index >= 15 is 0 Å². The van der Waals surface area contributed by atoms with E-state index in [0.717, 1.165) is 12.0 Å². The molecule has 1 aliphatic rings. The van der Waals surface area contributed by atoms with Crippen molar-refractivity contribution in [1.29, 1.82) is 0 Å². The Labute approximate surface area is 128 Å². The number of hydrogen-bond donors (Lipinski definition) is 1. The fourth-order valence-electron chi connectivity index (χ4n) is 3.31. The van der Waals surface area contributed by atoms with E-state index in [1.807, 2.05) is 25.2 Å². The lowest BCUT2D eigenvalue weighted by molar-refractivity contribution is -0.186. The van der Waals surface area contributed by atoms with Crippen molar-refractivity contribution in [3.8, 4) is 0 Å². The number of rotatable bonds is 4. The van der Waals surface area contributed by atoms with Gasteiger partial charge in [-0.15, -0.1) is 0 Å². The summed E-state index contributed by atoms with van der Waals surface area (Å²) in [7, 11) is 1.83. The number of benzene rings is 1. The summed E-state index contributed by atoms with van der Waals surface area (Å²) in [6, 6.07) is 7.60. The number of alkyl halides is 3. The van der Waals surface area contributed by atoms with E-state index in [2.05, 4.69) is 5.32 Å². The first-order valence-electron chi connectivity index (χ1n) is 7.38. The zero-order valence-electron chi connectivity index (χ0n) is 12.1. The van der Waals surface area contributed by atoms with E-state index < -0.39 is 12.1 Å². The van der Waals surface area contributed by atoms with Gasteiger partial charge >= 0.3 is 6.18 Å². The van der Waals surface area contributed by atoms with Gasteiger partial charge in [0.15, 0.2) is 0 Å². The van der Waals surface area contributed by atoms with Crippen LogP contribution in [0, 0.1) is 11.8 Å². The second-order valence-electron chi connectivity index (χ2n) is 5.89. The predicted octanol–water partition coefficient (Wildman–Crippen LogP) is 4.84. The molecule has 1 aromatic rings. The molecule has 0 heterocycles. The summed E-state index contributed by atoms with van der Waals surface area (Å²) in [6.45, 7) is 0. The fourth-order valence-corrected chi connectivity index (χ4v) is 3.53. The quantitative estimate of drug-likeness (QED) is 0.837. The van der Waals surface area contributed by atoms with Crippen LogP contribution in [0.2, 0.25) is 5.02 Å². The smallest absolute Gasteiger partial charge is 0.316 e. The average Bonchev–Trinajstić information content (AvgIpc) is 2.44. The van der Waals surface area contributed by atoms with Crippen molar-refractivity contribution in [3.63, 3.8) is 0 Å². The highest BCUT2D eigenvalue weighted by Crippen LogP contribution is 2.41. The molecule has 1 saturated carbocycles. The largest absolute Gasteiger partial charge is 0.391 e. The van der Waals surface area contributed by atoms with Gasteiger partial charge in [-0.3, -0.25) is 0 Å². The molecule has 0 aromatic heterocycles. The zero-order chi connectivity index (χ0) is 15.5. The molecule has 3 atom stereocenters. The summed E-state index contributed by atoms with van der Waals surface area (Å²) in [4.78, 5) is 0. The summed E-state index contributed by atoms with van der Waals surface area (Å²) in [5.41, 5.74) is 1.07. The van der Waals surface area contributed by atoms with Crippen LogP contribution in [0.3, 0.4) is 0 Å². The number of halogens is 4. The first-order valence-corrected chi connectivity index (χ1v) is 7.76. The molecule has 1 fully saturated rings. The Morgan fingerprint density at radius 2 is 2.10 bits per heavy atom. The summed E-state index contributed by atoms with van der Waals surface area (Å²) in [6.07, 6.45) is -1.33. The molecule has 1 aromatic carbocycles. The highest BCUT2D eigenvalue weighted by Gasteiger charge is 2.43. The van der Waals surface area contributed by atoms with Gasteiger partial charge in [0.25, 0.3) is 0 Å². The van der Waals surface area contributed by atoms with Crippen LogP contribution in [0.4, 0.5) is 13.2 Å². The van der Waals surface area contributed by atoms with Gasteiger partial charge in [-0.1, -0.05) is 30.2 Å². The molecule has 1 nitrogen and oxygen atoms in total. The monoisotopic (exact) mass is 319 g/mol. The Balaban J connectivity index is 2.03. The molecule has 0 radical (unpaired) electrons. The maximum atomic E-state index is 12.9. The normalized spacial score (nSPS) is 24.8. The van der Waals surface area contributed by atoms with Crippen LogP contribution in [0.5, 0.6) is 0 Å². The van der Waals surface area contributed by atoms with E-state index in [1.165, 1.54) is 0 Å². The second-order valence-corrected chi connectivity index (χ2v) is 6.33. The van der Waals surface area contributed by atoms with Crippen LogP contribution in [0.25, 0.3) is 0 Å². The minimum Gasteiger partial charge on any atom is -0.316 e. The third-order valence-corrected chi connectivity index (χ3v) is 4.70. The van der Waals surface area contributed by atoms with Gasteiger partial charge in [-0.25, -0.2) is 0 Å². The van der Waals surface area contributed by atoms with E-state index in [4.69, 9.17) is 11.6 Å². The Kier molecular flexibility index (Phi) is 5.55. The number of nitrogens with one attached hydrogen (secondary N) is 1. The van der Waals surface area contributed by atoms with Gasteiger partial charge in [-0.2, -0.15) is 13.2 Å². The summed E-state index contributed by atoms with van der Waals surface area (Å²) >= 11 is 5.97. The molecule has 2 rings (SSSR count). The van der Waals surface area contributed by atoms with Crippen molar-refractivity contribution in [2.24, 2.45) is 11.8 Å². The lowest BCUT2D eigenvalue weighted by atomic mass is 9.76. The Hall–Kier alpha value is -0.740. The molecule has 1 N–H and O–H groups in total. The van der Waals surface area contributed by atoms with E-state index in [1.54, 1.807) is 6.07 Å². The van der Waals surface area contributed by atoms with Crippen molar-refractivity contribution in [2.75, 3.05) is 7.05 Å². The molecular weight excluding hydrogens is 299 g/mol. The van der Waals surface area contributed by atoms with Gasteiger partial charge in [0.05, 0.1) is 5.92 Å². The lowest BCUT2D eigenvalue weighted by Crippen LogP contribution is -2.40. The average molecular weight is 320 g/mol. The lowest BCUT2D eigenvalue weighted by Gasteiger charge is -2.35. The Morgan fingerprint density at radius 3 is 2.71 bits per heavy atom. The molecule has 118 valence electrons. The molecule has 0 spiro atoms. The zero-order valence-corrected chi connectivity index (χ0v) is 12.8. The molecule has 1 aliphatic carbocycles. The maximum Gasteiger partial charge on any atom is 0.391 e. The van der Waals surface area contributed by atoms with Gasteiger partial charge < -0.3 is 5.32 Å². The molecule has 0 aliphatic heterocycles. The Bertz CT molecular complexity index is 461. The van der Waals surface area contributed by atoms with Crippen LogP contribution in [-0.4, -0.2) is 19.3 Å². The first kappa shape index (κ1) is 16.6. The summed E-state index contributed by atoms with van der Waals surface area (Å²) in [5.74, 6) is -1.08. The van der Waals surface area contributed by atoms with Gasteiger partial charge in [0, 0.05) is 11.1 Å². The molecule has 3 unspecified atom stereocenters. The SMILES string of the molecule is CNC(Cc1cccc(Cl)c1)C1CCCC(C(F)(F)F)C1. The Morgan fingerprint density at radius 1 is 1.33 bits per heavy atom. The minimum atomic E-state index is -4.06. The number of hydrogen-bond acceptors (Lipinski definition) is 1. The van der Waals surface area contributed by atoms with Gasteiger partial charge in [0.1, 0.15) is 0 Å². The molecule has 5 heteroatoms. The van der Waals surface area contributed by atoms with Crippen LogP contribution in [0.1, 0.15) is 31.2 Å². The second kappa shape index (κ2) is 7.01. The van der Waals surface area contributed by atoms with Crippen LogP contribution < -0.4 is 5.32 Å². The third-order valence-electron chi connectivity index (χ3n) is 4.46. The van der Waals surface area contributed by atoms with Crippen molar-refractivity contribution < 1.29 is 13.2 Å². The fraction of sp³-hybridized carbons (Fsp3) is 0.625. The molecule has 21 heavy (non-hydrogen) atoms. The van der Waals surface area contributed by atoms with Crippen molar-refractivity contribution >= 4 is 11.6 Å². The highest BCUT2D eigenvalue weighted by molar-refractivity contribution is 6.30. The van der Waals surface area contributed by atoms with Gasteiger partial charge in [-0.05, 0) is 56.3 Å². The van der Waals surface area contributed by atoms with Crippen LogP contribution in [0.15, 0.2) is 24.3 Å². The van der Waals surface area contributed by atoms with E-state index in [0.29, 0.717) is 17.9 Å². The van der Waals surface area contributed by atoms with Crippen molar-refractivity contribution in [1.82, 2.24) is 5.32 Å². The van der Waals surface area contributed by atoms with E-state index in [9.17, 15) is 13.2 Å². The topological polar surface area (TPSA) is 12.0 Å². The first-order chi connectivity index (χ1) is 9.90. The van der Waals surface area contributed by atoms with Crippen molar-refractivity contribution in [3.05, 3.63) is 34.9 Å². The summed E-state index contributed by atoms with van der Waals surface area (Å²) in [5, 5.41) is 3.87. The third kappa shape index (κ3) is 4.62. The molecule has 0 amide bonds. The standard InChI is InChI=1S/C16H21ClF3N/c1-21-15(9-11-4-2-7-14(17)8-11)12-5-3-6-13(10-12)16(18,19)20/h2,4,7-8,12-13,15,21H,3,5-6,9-10H2,1H3. The predicted molar refractivity (Wildman–Crippen MR) is 79.5 cm³/mol. The molecule has 0 saturated heterocycles. The summed E-state index contributed by atoms with van der Waals surface area (Å²) < 4.78 is 38.8. The highest BCUT2D eigenvalue weighted by atomic mass is 35.5. The van der Waals surface area contributed by atoms with Gasteiger partial charge in [0.2, 0.25) is 0 Å². The van der Waals surface area contributed by atoms with E-state index in [-0.39, 0.29) is 24.8 Å². The minimum absolute atomic E-state index is 0.0635. The van der Waals surface area contributed by atoms with Crippen LogP contribution >= 0.6 is 11.6 Å².